The number of hydrogen-bond acceptors (Lipinski definition) is 5. The predicted octanol–water partition coefficient (Wildman–Crippen LogP) is 3.17. The van der Waals surface area contributed by atoms with Crippen molar-refractivity contribution in [2.45, 2.75) is 70.4 Å². The summed E-state index contributed by atoms with van der Waals surface area (Å²) in [6, 6.07) is 4.52. The van der Waals surface area contributed by atoms with Crippen LogP contribution in [0.4, 0.5) is 0 Å². The molecule has 0 unspecified atom stereocenters. The fourth-order valence-electron chi connectivity index (χ4n) is 4.82. The zero-order valence-electron chi connectivity index (χ0n) is 17.4. The summed E-state index contributed by atoms with van der Waals surface area (Å²) in [5.41, 5.74) is 0.760. The number of rotatable bonds is 4. The number of amides is 3. The summed E-state index contributed by atoms with van der Waals surface area (Å²) in [5.74, 6) is -1.48. The maximum atomic E-state index is 12.9. The highest BCUT2D eigenvalue weighted by molar-refractivity contribution is 6.22. The molecule has 160 valence electrons. The smallest absolute Gasteiger partial charge is 0.338 e. The van der Waals surface area contributed by atoms with Gasteiger partial charge >= 0.3 is 5.97 Å². The molecule has 3 amide bonds. The van der Waals surface area contributed by atoms with Crippen molar-refractivity contribution in [3.05, 3.63) is 34.9 Å². The number of esters is 1. The quantitative estimate of drug-likeness (QED) is 0.560. The third kappa shape index (κ3) is 3.85. The summed E-state index contributed by atoms with van der Waals surface area (Å²) >= 11 is 0. The van der Waals surface area contributed by atoms with Crippen molar-refractivity contribution < 1.29 is 23.9 Å². The van der Waals surface area contributed by atoms with E-state index in [-0.39, 0.29) is 47.5 Å². The number of ether oxygens (including phenoxy) is 1. The Morgan fingerprint density at radius 1 is 0.967 bits per heavy atom. The van der Waals surface area contributed by atoms with Gasteiger partial charge < -0.3 is 9.64 Å². The molecule has 1 aliphatic carbocycles. The first-order valence-electron chi connectivity index (χ1n) is 11.0. The highest BCUT2D eigenvalue weighted by Crippen LogP contribution is 2.31. The Balaban J connectivity index is 1.42. The van der Waals surface area contributed by atoms with Crippen LogP contribution in [0.3, 0.4) is 0 Å². The summed E-state index contributed by atoms with van der Waals surface area (Å²) < 4.78 is 5.22. The number of piperidine rings is 1. The van der Waals surface area contributed by atoms with Gasteiger partial charge in [-0.2, -0.15) is 0 Å². The summed E-state index contributed by atoms with van der Waals surface area (Å²) in [6.07, 6.45) is 7.84. The average molecular weight is 412 g/mol. The molecule has 1 atom stereocenters. The van der Waals surface area contributed by atoms with Gasteiger partial charge in [0.15, 0.2) is 6.61 Å². The van der Waals surface area contributed by atoms with E-state index >= 15 is 0 Å². The van der Waals surface area contributed by atoms with E-state index in [9.17, 15) is 19.2 Å². The van der Waals surface area contributed by atoms with Crippen LogP contribution >= 0.6 is 0 Å². The monoisotopic (exact) mass is 412 g/mol. The number of hydrogen-bond donors (Lipinski definition) is 0. The Hall–Kier alpha value is -2.70. The molecule has 1 aromatic carbocycles. The minimum Gasteiger partial charge on any atom is -0.452 e. The van der Waals surface area contributed by atoms with E-state index in [1.165, 1.54) is 23.1 Å². The number of carbonyl (C=O) groups is 4. The lowest BCUT2D eigenvalue weighted by atomic mass is 9.94. The van der Waals surface area contributed by atoms with Crippen molar-refractivity contribution in [1.82, 2.24) is 9.80 Å². The third-order valence-corrected chi connectivity index (χ3v) is 6.54. The SMILES string of the molecule is C[C@@H]1CCCCN1C(=O)COC(=O)c1ccc2c(c1)C(=O)N(C1CCCCC1)C2=O. The van der Waals surface area contributed by atoms with E-state index in [2.05, 4.69) is 0 Å². The number of benzene rings is 1. The van der Waals surface area contributed by atoms with Gasteiger partial charge in [0, 0.05) is 18.6 Å². The number of nitrogens with zero attached hydrogens (tertiary/aromatic N) is 2. The van der Waals surface area contributed by atoms with E-state index in [4.69, 9.17) is 4.74 Å². The zero-order valence-corrected chi connectivity index (χ0v) is 17.4. The molecule has 30 heavy (non-hydrogen) atoms. The number of likely N-dealkylation sites (tertiary alicyclic amines) is 1. The van der Waals surface area contributed by atoms with Gasteiger partial charge in [0.25, 0.3) is 17.7 Å². The Bertz CT molecular complexity index is 874. The standard InChI is InChI=1S/C23H28N2O5/c1-15-7-5-6-12-24(15)20(26)14-30-23(29)16-10-11-18-19(13-16)22(28)25(21(18)27)17-8-3-2-4-9-17/h10-11,13,15,17H,2-9,12,14H2,1H3/t15-/m1/s1. The number of imide groups is 1. The van der Waals surface area contributed by atoms with Gasteiger partial charge in [-0.25, -0.2) is 4.79 Å². The molecular formula is C23H28N2O5. The second-order valence-electron chi connectivity index (χ2n) is 8.54. The van der Waals surface area contributed by atoms with Crippen molar-refractivity contribution in [3.63, 3.8) is 0 Å². The summed E-state index contributed by atoms with van der Waals surface area (Å²) in [6.45, 7) is 2.37. The molecule has 0 bridgehead atoms. The molecule has 2 fully saturated rings. The average Bonchev–Trinajstić information content (AvgIpc) is 3.02. The molecule has 0 aromatic heterocycles. The van der Waals surface area contributed by atoms with E-state index < -0.39 is 5.97 Å². The second kappa shape index (κ2) is 8.58. The topological polar surface area (TPSA) is 84.0 Å². The fourth-order valence-corrected chi connectivity index (χ4v) is 4.82. The lowest BCUT2D eigenvalue weighted by molar-refractivity contribution is -0.137. The van der Waals surface area contributed by atoms with Crippen LogP contribution in [0.25, 0.3) is 0 Å². The molecule has 7 nitrogen and oxygen atoms in total. The van der Waals surface area contributed by atoms with Crippen molar-refractivity contribution >= 4 is 23.7 Å². The molecule has 0 N–H and O–H groups in total. The molecule has 1 saturated carbocycles. The molecule has 4 rings (SSSR count). The first kappa shape index (κ1) is 20.6. The molecule has 2 heterocycles. The first-order valence-corrected chi connectivity index (χ1v) is 11.0. The fraction of sp³-hybridized carbons (Fsp3) is 0.565. The van der Waals surface area contributed by atoms with E-state index in [1.54, 1.807) is 4.90 Å². The Kier molecular flexibility index (Phi) is 5.88. The van der Waals surface area contributed by atoms with Crippen LogP contribution in [-0.4, -0.2) is 58.7 Å². The Labute approximate surface area is 176 Å². The molecule has 7 heteroatoms. The maximum Gasteiger partial charge on any atom is 0.338 e. The lowest BCUT2D eigenvalue weighted by Crippen LogP contribution is -2.44. The third-order valence-electron chi connectivity index (χ3n) is 6.54. The molecule has 1 aromatic rings. The molecule has 1 saturated heterocycles. The zero-order chi connectivity index (χ0) is 21.3. The Morgan fingerprint density at radius 3 is 2.40 bits per heavy atom. The van der Waals surface area contributed by atoms with Gasteiger partial charge in [-0.15, -0.1) is 0 Å². The number of fused-ring (bicyclic) bond motifs is 1. The minimum atomic E-state index is -0.660. The van der Waals surface area contributed by atoms with Crippen LogP contribution in [0, 0.1) is 0 Å². The predicted molar refractivity (Wildman–Crippen MR) is 109 cm³/mol. The van der Waals surface area contributed by atoms with Crippen LogP contribution in [-0.2, 0) is 9.53 Å². The second-order valence-corrected chi connectivity index (χ2v) is 8.54. The van der Waals surface area contributed by atoms with E-state index in [0.717, 1.165) is 51.4 Å². The van der Waals surface area contributed by atoms with Gasteiger partial charge in [0.05, 0.1) is 16.7 Å². The molecule has 0 radical (unpaired) electrons. The van der Waals surface area contributed by atoms with Crippen LogP contribution < -0.4 is 0 Å². The molecule has 0 spiro atoms. The van der Waals surface area contributed by atoms with Crippen molar-refractivity contribution in [2.75, 3.05) is 13.2 Å². The molecule has 3 aliphatic rings. The first-order chi connectivity index (χ1) is 14.5. The van der Waals surface area contributed by atoms with E-state index in [0.29, 0.717) is 12.1 Å². The highest BCUT2D eigenvalue weighted by Gasteiger charge is 2.40. The minimum absolute atomic E-state index is 0.0642. The summed E-state index contributed by atoms with van der Waals surface area (Å²) in [7, 11) is 0. The van der Waals surface area contributed by atoms with Crippen LogP contribution in [0.5, 0.6) is 0 Å². The van der Waals surface area contributed by atoms with Gasteiger partial charge in [-0.3, -0.25) is 19.3 Å². The molecule has 2 aliphatic heterocycles. The van der Waals surface area contributed by atoms with Gasteiger partial charge in [-0.05, 0) is 57.2 Å². The highest BCUT2D eigenvalue weighted by atomic mass is 16.5. The van der Waals surface area contributed by atoms with Crippen LogP contribution in [0.2, 0.25) is 0 Å². The van der Waals surface area contributed by atoms with Gasteiger partial charge in [0.2, 0.25) is 0 Å². The van der Waals surface area contributed by atoms with Gasteiger partial charge in [0.1, 0.15) is 0 Å². The largest absolute Gasteiger partial charge is 0.452 e. The summed E-state index contributed by atoms with van der Waals surface area (Å²) in [5, 5.41) is 0. The Morgan fingerprint density at radius 2 is 1.67 bits per heavy atom. The molecular weight excluding hydrogens is 384 g/mol. The van der Waals surface area contributed by atoms with E-state index in [1.807, 2.05) is 6.92 Å². The van der Waals surface area contributed by atoms with Crippen LogP contribution in [0.15, 0.2) is 18.2 Å². The normalized spacial score (nSPS) is 22.2. The van der Waals surface area contributed by atoms with Crippen LogP contribution in [0.1, 0.15) is 89.4 Å². The maximum absolute atomic E-state index is 12.9. The van der Waals surface area contributed by atoms with Crippen molar-refractivity contribution in [1.29, 1.82) is 0 Å². The van der Waals surface area contributed by atoms with Gasteiger partial charge in [-0.1, -0.05) is 19.3 Å². The van der Waals surface area contributed by atoms with Crippen molar-refractivity contribution in [3.8, 4) is 0 Å². The van der Waals surface area contributed by atoms with Crippen molar-refractivity contribution in [2.24, 2.45) is 0 Å². The lowest BCUT2D eigenvalue weighted by Gasteiger charge is -2.33. The summed E-state index contributed by atoms with van der Waals surface area (Å²) in [4.78, 5) is 53.6. The number of carbonyl (C=O) groups excluding carboxylic acids is 4.